The zero-order chi connectivity index (χ0) is 10.7. The molecular weight excluding hydrogens is 184 g/mol. The average Bonchev–Trinajstić information content (AvgIpc) is 2.11. The second-order valence-electron chi connectivity index (χ2n) is 3.68. The third kappa shape index (κ3) is 2.53. The number of carbonyl (C=O) groups is 1. The van der Waals surface area contributed by atoms with Crippen LogP contribution in [0.25, 0.3) is 0 Å². The van der Waals surface area contributed by atoms with Gasteiger partial charge in [-0.2, -0.15) is 0 Å². The summed E-state index contributed by atoms with van der Waals surface area (Å²) in [6.07, 6.45) is -1.11. The van der Waals surface area contributed by atoms with Crippen LogP contribution in [0.15, 0.2) is 0 Å². The molecule has 4 atom stereocenters. The minimum atomic E-state index is -0.581. The van der Waals surface area contributed by atoms with Crippen LogP contribution in [0.4, 0.5) is 0 Å². The number of hydrogen-bond donors (Lipinski definition) is 1. The Balaban J connectivity index is 2.64. The van der Waals surface area contributed by atoms with Crippen molar-refractivity contribution in [2.75, 3.05) is 6.61 Å². The van der Waals surface area contributed by atoms with Gasteiger partial charge in [0.1, 0.15) is 6.10 Å². The monoisotopic (exact) mass is 202 g/mol. The van der Waals surface area contributed by atoms with Crippen molar-refractivity contribution in [1.82, 2.24) is 0 Å². The van der Waals surface area contributed by atoms with Crippen molar-refractivity contribution in [1.29, 1.82) is 0 Å². The molecule has 1 N–H and O–H groups in total. The van der Waals surface area contributed by atoms with Crippen molar-refractivity contribution in [3.8, 4) is 0 Å². The van der Waals surface area contributed by atoms with Crippen molar-refractivity contribution < 1.29 is 19.4 Å². The molecule has 0 amide bonds. The fraction of sp³-hybridized carbons (Fsp3) is 0.900. The minimum absolute atomic E-state index is 0.0341. The van der Waals surface area contributed by atoms with Crippen LogP contribution in [-0.4, -0.2) is 36.0 Å². The molecule has 4 nitrogen and oxygen atoms in total. The van der Waals surface area contributed by atoms with E-state index in [4.69, 9.17) is 9.47 Å². The van der Waals surface area contributed by atoms with Gasteiger partial charge < -0.3 is 14.6 Å². The molecule has 0 spiro atoms. The van der Waals surface area contributed by atoms with E-state index in [1.807, 2.05) is 6.92 Å². The Hall–Kier alpha value is -0.450. The zero-order valence-corrected chi connectivity index (χ0v) is 8.90. The Bertz CT molecular complexity index is 202. The van der Waals surface area contributed by atoms with Gasteiger partial charge in [0.15, 0.2) is 12.1 Å². The molecule has 0 saturated carbocycles. The number of ketones is 1. The molecule has 0 bridgehead atoms. The average molecular weight is 202 g/mol. The summed E-state index contributed by atoms with van der Waals surface area (Å²) in [4.78, 5) is 11.4. The SMILES string of the molecule is CCOC1OC(C)C(=O)CC1C(C)O. The molecule has 1 heterocycles. The Morgan fingerprint density at radius 3 is 2.86 bits per heavy atom. The highest BCUT2D eigenvalue weighted by atomic mass is 16.7. The molecule has 1 aliphatic rings. The van der Waals surface area contributed by atoms with Crippen LogP contribution in [0, 0.1) is 5.92 Å². The number of aliphatic hydroxyl groups excluding tert-OH is 1. The molecule has 0 aromatic heterocycles. The van der Waals surface area contributed by atoms with Gasteiger partial charge in [0, 0.05) is 18.9 Å². The van der Waals surface area contributed by atoms with Gasteiger partial charge in [-0.1, -0.05) is 0 Å². The normalized spacial score (nSPS) is 35.7. The highest BCUT2D eigenvalue weighted by molar-refractivity contribution is 5.83. The van der Waals surface area contributed by atoms with Gasteiger partial charge in [0.2, 0.25) is 0 Å². The number of ether oxygens (including phenoxy) is 2. The van der Waals surface area contributed by atoms with E-state index in [9.17, 15) is 9.90 Å². The van der Waals surface area contributed by atoms with Crippen molar-refractivity contribution in [3.63, 3.8) is 0 Å². The predicted molar refractivity (Wildman–Crippen MR) is 50.8 cm³/mol. The first kappa shape index (κ1) is 11.6. The van der Waals surface area contributed by atoms with Crippen molar-refractivity contribution in [2.24, 2.45) is 5.92 Å². The van der Waals surface area contributed by atoms with E-state index < -0.39 is 18.5 Å². The molecule has 1 aliphatic heterocycles. The second-order valence-corrected chi connectivity index (χ2v) is 3.68. The van der Waals surface area contributed by atoms with Crippen LogP contribution in [0.3, 0.4) is 0 Å². The van der Waals surface area contributed by atoms with Gasteiger partial charge in [0.05, 0.1) is 6.10 Å². The first-order valence-electron chi connectivity index (χ1n) is 5.04. The van der Waals surface area contributed by atoms with Crippen LogP contribution < -0.4 is 0 Å². The van der Waals surface area contributed by atoms with Crippen LogP contribution in [-0.2, 0) is 14.3 Å². The van der Waals surface area contributed by atoms with Gasteiger partial charge >= 0.3 is 0 Å². The minimum Gasteiger partial charge on any atom is -0.393 e. The molecule has 1 rings (SSSR count). The van der Waals surface area contributed by atoms with Gasteiger partial charge in [-0.3, -0.25) is 4.79 Å². The smallest absolute Gasteiger partial charge is 0.164 e. The maximum atomic E-state index is 11.4. The summed E-state index contributed by atoms with van der Waals surface area (Å²) in [5.74, 6) is -0.203. The predicted octanol–water partition coefficient (Wildman–Crippen LogP) is 0.724. The molecule has 4 heteroatoms. The van der Waals surface area contributed by atoms with Crippen molar-refractivity contribution in [2.45, 2.75) is 45.7 Å². The summed E-state index contributed by atoms with van der Waals surface area (Å²) < 4.78 is 10.7. The van der Waals surface area contributed by atoms with Crippen LogP contribution in [0.5, 0.6) is 0 Å². The van der Waals surface area contributed by atoms with E-state index in [1.165, 1.54) is 0 Å². The van der Waals surface area contributed by atoms with E-state index in [-0.39, 0.29) is 11.7 Å². The summed E-state index contributed by atoms with van der Waals surface area (Å²) in [7, 11) is 0. The van der Waals surface area contributed by atoms with Crippen LogP contribution in [0.1, 0.15) is 27.2 Å². The number of carbonyl (C=O) groups excluding carboxylic acids is 1. The first-order valence-corrected chi connectivity index (χ1v) is 5.04. The van der Waals surface area contributed by atoms with Gasteiger partial charge in [-0.15, -0.1) is 0 Å². The van der Waals surface area contributed by atoms with Crippen molar-refractivity contribution >= 4 is 5.78 Å². The van der Waals surface area contributed by atoms with E-state index in [0.717, 1.165) is 0 Å². The standard InChI is InChI=1S/C10H18O4/c1-4-13-10-8(6(2)11)5-9(12)7(3)14-10/h6-8,10-11H,4-5H2,1-3H3. The van der Waals surface area contributed by atoms with Crippen molar-refractivity contribution in [3.05, 3.63) is 0 Å². The lowest BCUT2D eigenvalue weighted by Crippen LogP contribution is -2.45. The first-order chi connectivity index (χ1) is 6.56. The van der Waals surface area contributed by atoms with Crippen LogP contribution >= 0.6 is 0 Å². The Labute approximate surface area is 84.2 Å². The lowest BCUT2D eigenvalue weighted by Gasteiger charge is -2.35. The highest BCUT2D eigenvalue weighted by Crippen LogP contribution is 2.26. The molecule has 14 heavy (non-hydrogen) atoms. The molecule has 82 valence electrons. The molecule has 0 aliphatic carbocycles. The fourth-order valence-corrected chi connectivity index (χ4v) is 1.60. The number of hydrogen-bond acceptors (Lipinski definition) is 4. The second kappa shape index (κ2) is 4.87. The molecule has 0 aromatic rings. The van der Waals surface area contributed by atoms with Crippen LogP contribution in [0.2, 0.25) is 0 Å². The zero-order valence-electron chi connectivity index (χ0n) is 8.90. The van der Waals surface area contributed by atoms with E-state index in [1.54, 1.807) is 13.8 Å². The molecule has 0 radical (unpaired) electrons. The summed E-state index contributed by atoms with van der Waals surface area (Å²) >= 11 is 0. The van der Waals surface area contributed by atoms with E-state index in [2.05, 4.69) is 0 Å². The number of rotatable bonds is 3. The summed E-state index contributed by atoms with van der Waals surface area (Å²) in [6, 6.07) is 0. The summed E-state index contributed by atoms with van der Waals surface area (Å²) in [6.45, 7) is 5.76. The molecule has 4 unspecified atom stereocenters. The third-order valence-electron chi connectivity index (χ3n) is 2.53. The molecule has 0 aromatic carbocycles. The molecular formula is C10H18O4. The maximum absolute atomic E-state index is 11.4. The Morgan fingerprint density at radius 1 is 1.71 bits per heavy atom. The lowest BCUT2D eigenvalue weighted by molar-refractivity contribution is -0.224. The lowest BCUT2D eigenvalue weighted by atomic mass is 9.92. The van der Waals surface area contributed by atoms with E-state index >= 15 is 0 Å². The summed E-state index contributed by atoms with van der Waals surface area (Å²) in [5, 5.41) is 9.47. The topological polar surface area (TPSA) is 55.8 Å². The molecule has 1 fully saturated rings. The largest absolute Gasteiger partial charge is 0.393 e. The van der Waals surface area contributed by atoms with Gasteiger partial charge in [-0.25, -0.2) is 0 Å². The maximum Gasteiger partial charge on any atom is 0.164 e. The number of Topliss-reactive ketones (excluding diaryl/α,β-unsaturated/α-hetero) is 1. The number of aliphatic hydroxyl groups is 1. The fourth-order valence-electron chi connectivity index (χ4n) is 1.60. The Morgan fingerprint density at radius 2 is 2.36 bits per heavy atom. The third-order valence-corrected chi connectivity index (χ3v) is 2.53. The highest BCUT2D eigenvalue weighted by Gasteiger charge is 2.37. The van der Waals surface area contributed by atoms with Gasteiger partial charge in [-0.05, 0) is 20.8 Å². The van der Waals surface area contributed by atoms with E-state index in [0.29, 0.717) is 13.0 Å². The van der Waals surface area contributed by atoms with Gasteiger partial charge in [0.25, 0.3) is 0 Å². The Kier molecular flexibility index (Phi) is 4.04. The quantitative estimate of drug-likeness (QED) is 0.732. The molecule has 1 saturated heterocycles. The summed E-state index contributed by atoms with van der Waals surface area (Å²) in [5.41, 5.74) is 0.